The third-order valence-electron chi connectivity index (χ3n) is 4.33. The van der Waals surface area contributed by atoms with Crippen LogP contribution < -0.4 is 9.64 Å². The summed E-state index contributed by atoms with van der Waals surface area (Å²) in [5.74, 6) is -1.29. The Morgan fingerprint density at radius 1 is 1.29 bits per heavy atom. The number of carboxylic acids is 1. The minimum Gasteiger partial charge on any atom is -0.481 e. The fourth-order valence-electron chi connectivity index (χ4n) is 3.09. The monoisotopic (exact) mass is 332 g/mol. The van der Waals surface area contributed by atoms with Crippen molar-refractivity contribution in [2.24, 2.45) is 0 Å². The first kappa shape index (κ1) is 16.3. The highest BCUT2D eigenvalue weighted by atomic mass is 16.5. The molecule has 0 spiro atoms. The fraction of sp³-hybridized carbons (Fsp3) is 0.471. The van der Waals surface area contributed by atoms with Gasteiger partial charge in [-0.3, -0.25) is 19.3 Å². The zero-order chi connectivity index (χ0) is 17.3. The normalized spacial score (nSPS) is 19.9. The predicted molar refractivity (Wildman–Crippen MR) is 86.0 cm³/mol. The van der Waals surface area contributed by atoms with Gasteiger partial charge in [-0.05, 0) is 37.5 Å². The van der Waals surface area contributed by atoms with Gasteiger partial charge in [-0.2, -0.15) is 0 Å². The maximum atomic E-state index is 12.7. The standard InChI is InChI=1S/C17H20N2O5/c1-11-4-5-13-12(8-11)19(10-15(20)18-6-2-3-7-18)17(23)14(24-13)9-16(21)22/h4-5,8,14H,2-3,6-7,9-10H2,1H3,(H,21,22). The number of nitrogens with zero attached hydrogens (tertiary/aromatic N) is 2. The molecule has 1 N–H and O–H groups in total. The van der Waals surface area contributed by atoms with Crippen molar-refractivity contribution in [3.8, 4) is 5.75 Å². The van der Waals surface area contributed by atoms with Crippen LogP contribution in [-0.4, -0.2) is 53.5 Å². The van der Waals surface area contributed by atoms with E-state index in [0.717, 1.165) is 18.4 Å². The molecule has 0 radical (unpaired) electrons. The Bertz CT molecular complexity index is 682. The smallest absolute Gasteiger partial charge is 0.307 e. The van der Waals surface area contributed by atoms with E-state index in [1.54, 1.807) is 17.0 Å². The van der Waals surface area contributed by atoms with Crippen molar-refractivity contribution >= 4 is 23.5 Å². The van der Waals surface area contributed by atoms with Gasteiger partial charge in [-0.25, -0.2) is 0 Å². The molecule has 2 aliphatic rings. The van der Waals surface area contributed by atoms with Crippen LogP contribution in [0.4, 0.5) is 5.69 Å². The maximum Gasteiger partial charge on any atom is 0.307 e. The Morgan fingerprint density at radius 2 is 2.00 bits per heavy atom. The average molecular weight is 332 g/mol. The van der Waals surface area contributed by atoms with Gasteiger partial charge in [0.15, 0.2) is 6.10 Å². The van der Waals surface area contributed by atoms with Gasteiger partial charge in [0.2, 0.25) is 5.91 Å². The number of hydrogen-bond donors (Lipinski definition) is 1. The van der Waals surface area contributed by atoms with Crippen LogP contribution >= 0.6 is 0 Å². The number of rotatable bonds is 4. The number of aryl methyl sites for hydroxylation is 1. The van der Waals surface area contributed by atoms with Gasteiger partial charge in [0, 0.05) is 13.1 Å². The summed E-state index contributed by atoms with van der Waals surface area (Å²) >= 11 is 0. The molecule has 2 amide bonds. The summed E-state index contributed by atoms with van der Waals surface area (Å²) in [6, 6.07) is 5.31. The molecular weight excluding hydrogens is 312 g/mol. The molecular formula is C17H20N2O5. The van der Waals surface area contributed by atoms with E-state index < -0.39 is 24.4 Å². The van der Waals surface area contributed by atoms with Gasteiger partial charge in [-0.15, -0.1) is 0 Å². The van der Waals surface area contributed by atoms with E-state index in [2.05, 4.69) is 0 Å². The molecule has 1 fully saturated rings. The number of carbonyl (C=O) groups is 3. The molecule has 2 heterocycles. The van der Waals surface area contributed by atoms with E-state index in [1.165, 1.54) is 4.90 Å². The van der Waals surface area contributed by atoms with E-state index in [0.29, 0.717) is 24.5 Å². The quantitative estimate of drug-likeness (QED) is 0.895. The molecule has 3 rings (SSSR count). The van der Waals surface area contributed by atoms with Crippen LogP contribution in [0.3, 0.4) is 0 Å². The highest BCUT2D eigenvalue weighted by Gasteiger charge is 2.37. The molecule has 1 saturated heterocycles. The topological polar surface area (TPSA) is 87.2 Å². The highest BCUT2D eigenvalue weighted by molar-refractivity contribution is 6.05. The first-order chi connectivity index (χ1) is 11.5. The van der Waals surface area contributed by atoms with Crippen molar-refractivity contribution in [1.29, 1.82) is 0 Å². The molecule has 1 atom stereocenters. The molecule has 0 aliphatic carbocycles. The Balaban J connectivity index is 1.88. The van der Waals surface area contributed by atoms with Crippen molar-refractivity contribution < 1.29 is 24.2 Å². The third kappa shape index (κ3) is 3.20. The minimum atomic E-state index is -1.12. The average Bonchev–Trinajstić information content (AvgIpc) is 3.06. The van der Waals surface area contributed by atoms with E-state index >= 15 is 0 Å². The zero-order valence-corrected chi connectivity index (χ0v) is 13.5. The zero-order valence-electron chi connectivity index (χ0n) is 13.5. The summed E-state index contributed by atoms with van der Waals surface area (Å²) in [5.41, 5.74) is 1.45. The Kier molecular flexibility index (Phi) is 4.42. The van der Waals surface area contributed by atoms with E-state index in [1.807, 2.05) is 13.0 Å². The van der Waals surface area contributed by atoms with Gasteiger partial charge in [0.1, 0.15) is 12.3 Å². The first-order valence-electron chi connectivity index (χ1n) is 8.04. The van der Waals surface area contributed by atoms with E-state index in [4.69, 9.17) is 9.84 Å². The number of hydrogen-bond acceptors (Lipinski definition) is 4. The minimum absolute atomic E-state index is 0.0885. The van der Waals surface area contributed by atoms with Crippen molar-refractivity contribution in [3.63, 3.8) is 0 Å². The van der Waals surface area contributed by atoms with Crippen molar-refractivity contribution in [2.75, 3.05) is 24.5 Å². The van der Waals surface area contributed by atoms with Gasteiger partial charge in [0.25, 0.3) is 5.91 Å². The number of benzene rings is 1. The van der Waals surface area contributed by atoms with Gasteiger partial charge in [-0.1, -0.05) is 6.07 Å². The molecule has 1 aromatic carbocycles. The van der Waals surface area contributed by atoms with Crippen LogP contribution in [0.1, 0.15) is 24.8 Å². The molecule has 1 aromatic rings. The van der Waals surface area contributed by atoms with E-state index in [9.17, 15) is 14.4 Å². The lowest BCUT2D eigenvalue weighted by Crippen LogP contribution is -2.50. The maximum absolute atomic E-state index is 12.7. The molecule has 24 heavy (non-hydrogen) atoms. The number of carboxylic acid groups (broad SMARTS) is 1. The highest BCUT2D eigenvalue weighted by Crippen LogP contribution is 2.35. The summed E-state index contributed by atoms with van der Waals surface area (Å²) in [6.07, 6.45) is 0.407. The third-order valence-corrected chi connectivity index (χ3v) is 4.33. The summed E-state index contributed by atoms with van der Waals surface area (Å²) in [6.45, 7) is 3.20. The first-order valence-corrected chi connectivity index (χ1v) is 8.04. The lowest BCUT2D eigenvalue weighted by atomic mass is 10.1. The van der Waals surface area contributed by atoms with Crippen molar-refractivity contribution in [1.82, 2.24) is 4.90 Å². The second-order valence-corrected chi connectivity index (χ2v) is 6.19. The predicted octanol–water partition coefficient (Wildman–Crippen LogP) is 1.19. The van der Waals surface area contributed by atoms with Gasteiger partial charge in [0.05, 0.1) is 12.1 Å². The second-order valence-electron chi connectivity index (χ2n) is 6.19. The van der Waals surface area contributed by atoms with Crippen LogP contribution in [-0.2, 0) is 14.4 Å². The summed E-state index contributed by atoms with van der Waals surface area (Å²) in [4.78, 5) is 39.2. The van der Waals surface area contributed by atoms with Gasteiger partial charge >= 0.3 is 5.97 Å². The summed E-state index contributed by atoms with van der Waals surface area (Å²) in [5, 5.41) is 8.99. The molecule has 1 unspecified atom stereocenters. The van der Waals surface area contributed by atoms with Crippen LogP contribution in [0.5, 0.6) is 5.75 Å². The number of amides is 2. The lowest BCUT2D eigenvalue weighted by molar-refractivity contribution is -0.142. The summed E-state index contributed by atoms with van der Waals surface area (Å²) < 4.78 is 5.55. The Hall–Kier alpha value is -2.57. The molecule has 0 saturated carbocycles. The number of anilines is 1. The largest absolute Gasteiger partial charge is 0.481 e. The molecule has 0 bridgehead atoms. The number of likely N-dealkylation sites (tertiary alicyclic amines) is 1. The molecule has 2 aliphatic heterocycles. The van der Waals surface area contributed by atoms with Gasteiger partial charge < -0.3 is 14.7 Å². The molecule has 0 aromatic heterocycles. The van der Waals surface area contributed by atoms with Crippen LogP contribution in [0.2, 0.25) is 0 Å². The lowest BCUT2D eigenvalue weighted by Gasteiger charge is -2.34. The number of fused-ring (bicyclic) bond motifs is 1. The van der Waals surface area contributed by atoms with E-state index in [-0.39, 0.29) is 12.5 Å². The van der Waals surface area contributed by atoms with Crippen LogP contribution in [0.25, 0.3) is 0 Å². The van der Waals surface area contributed by atoms with Crippen molar-refractivity contribution in [2.45, 2.75) is 32.3 Å². The number of aliphatic carboxylic acids is 1. The molecule has 128 valence electrons. The van der Waals surface area contributed by atoms with Crippen LogP contribution in [0.15, 0.2) is 18.2 Å². The van der Waals surface area contributed by atoms with Crippen molar-refractivity contribution in [3.05, 3.63) is 23.8 Å². The number of ether oxygens (including phenoxy) is 1. The van der Waals surface area contributed by atoms with Crippen LogP contribution in [0, 0.1) is 6.92 Å². The SMILES string of the molecule is Cc1ccc2c(c1)N(CC(=O)N1CCCC1)C(=O)C(CC(=O)O)O2. The fourth-order valence-corrected chi connectivity index (χ4v) is 3.09. The Labute approximate surface area is 139 Å². The second kappa shape index (κ2) is 6.51. The molecule has 7 nitrogen and oxygen atoms in total. The summed E-state index contributed by atoms with van der Waals surface area (Å²) in [7, 11) is 0. The Morgan fingerprint density at radius 3 is 2.67 bits per heavy atom. The number of carbonyl (C=O) groups excluding carboxylic acids is 2. The molecule has 7 heteroatoms.